The fourth-order valence-electron chi connectivity index (χ4n) is 2.16. The predicted octanol–water partition coefficient (Wildman–Crippen LogP) is 0.682. The zero-order valence-electron chi connectivity index (χ0n) is 10.8. The van der Waals surface area contributed by atoms with Crippen LogP contribution in [-0.4, -0.2) is 38.9 Å². The van der Waals surface area contributed by atoms with Crippen molar-refractivity contribution in [1.29, 1.82) is 5.26 Å². The van der Waals surface area contributed by atoms with E-state index in [2.05, 4.69) is 5.32 Å². The number of nitrogens with zero attached hydrogens (tertiary/aromatic N) is 2. The molecule has 102 valence electrons. The lowest BCUT2D eigenvalue weighted by Gasteiger charge is -2.23. The molecular formula is C13H17N3O2S. The van der Waals surface area contributed by atoms with E-state index in [1.54, 1.807) is 31.3 Å². The molecule has 19 heavy (non-hydrogen) atoms. The summed E-state index contributed by atoms with van der Waals surface area (Å²) in [5, 5.41) is 11.9. The van der Waals surface area contributed by atoms with Crippen LogP contribution in [0.4, 0.5) is 0 Å². The highest BCUT2D eigenvalue weighted by molar-refractivity contribution is 7.88. The van der Waals surface area contributed by atoms with Gasteiger partial charge in [0.1, 0.15) is 0 Å². The fourth-order valence-corrected chi connectivity index (χ4v) is 3.62. The summed E-state index contributed by atoms with van der Waals surface area (Å²) in [5.74, 6) is -0.0221. The third kappa shape index (κ3) is 3.32. The lowest BCUT2D eigenvalue weighted by molar-refractivity contribution is 0.387. The Morgan fingerprint density at radius 1 is 1.42 bits per heavy atom. The number of nitriles is 1. The highest BCUT2D eigenvalue weighted by atomic mass is 32.2. The molecule has 0 bridgehead atoms. The second-order valence-electron chi connectivity index (χ2n) is 4.73. The predicted molar refractivity (Wildman–Crippen MR) is 72.8 cm³/mol. The van der Waals surface area contributed by atoms with Crippen molar-refractivity contribution in [2.24, 2.45) is 0 Å². The van der Waals surface area contributed by atoms with Gasteiger partial charge in [-0.3, -0.25) is 0 Å². The largest absolute Gasteiger partial charge is 0.315 e. The number of nitrogens with one attached hydrogen (secondary N) is 1. The van der Waals surface area contributed by atoms with E-state index in [4.69, 9.17) is 5.26 Å². The second-order valence-corrected chi connectivity index (χ2v) is 6.76. The maximum atomic E-state index is 12.3. The molecular weight excluding hydrogens is 262 g/mol. The molecule has 1 saturated heterocycles. The summed E-state index contributed by atoms with van der Waals surface area (Å²) in [6.45, 7) is 1.57. The van der Waals surface area contributed by atoms with Crippen LogP contribution in [0.15, 0.2) is 24.3 Å². The Balaban J connectivity index is 2.09. The molecule has 0 aliphatic carbocycles. The quantitative estimate of drug-likeness (QED) is 0.879. The van der Waals surface area contributed by atoms with Gasteiger partial charge in [0.05, 0.1) is 17.4 Å². The smallest absolute Gasteiger partial charge is 0.218 e. The van der Waals surface area contributed by atoms with Gasteiger partial charge in [0.25, 0.3) is 0 Å². The lowest BCUT2D eigenvalue weighted by atomic mass is 10.2. The number of hydrogen-bond acceptors (Lipinski definition) is 4. The van der Waals surface area contributed by atoms with E-state index in [1.807, 2.05) is 6.07 Å². The van der Waals surface area contributed by atoms with Gasteiger partial charge >= 0.3 is 0 Å². The van der Waals surface area contributed by atoms with Crippen molar-refractivity contribution in [3.05, 3.63) is 35.4 Å². The first-order valence-corrected chi connectivity index (χ1v) is 7.79. The summed E-state index contributed by atoms with van der Waals surface area (Å²) in [6, 6.07) is 8.73. The SMILES string of the molecule is CN(C1CCNC1)S(=O)(=O)Cc1ccc(C#N)cc1. The lowest BCUT2D eigenvalue weighted by Crippen LogP contribution is -2.38. The molecule has 1 heterocycles. The van der Waals surface area contributed by atoms with Gasteiger partial charge in [-0.05, 0) is 30.7 Å². The first kappa shape index (κ1) is 14.0. The Bertz CT molecular complexity index is 569. The van der Waals surface area contributed by atoms with E-state index in [9.17, 15) is 8.42 Å². The molecule has 1 N–H and O–H groups in total. The van der Waals surface area contributed by atoms with Gasteiger partial charge in [0.15, 0.2) is 0 Å². The zero-order valence-corrected chi connectivity index (χ0v) is 11.7. The molecule has 0 amide bonds. The minimum atomic E-state index is -3.31. The molecule has 5 nitrogen and oxygen atoms in total. The fraction of sp³-hybridized carbons (Fsp3) is 0.462. The number of likely N-dealkylation sites (N-methyl/N-ethyl adjacent to an activating group) is 1. The molecule has 6 heteroatoms. The Kier molecular flexibility index (Phi) is 4.20. The third-order valence-electron chi connectivity index (χ3n) is 3.42. The van der Waals surface area contributed by atoms with Gasteiger partial charge in [-0.2, -0.15) is 5.26 Å². The van der Waals surface area contributed by atoms with E-state index in [0.717, 1.165) is 13.0 Å². The standard InChI is InChI=1S/C13H17N3O2S/c1-16(13-6-7-15-9-13)19(17,18)10-12-4-2-11(8-14)3-5-12/h2-5,13,15H,6-7,9-10H2,1H3. The van der Waals surface area contributed by atoms with Gasteiger partial charge < -0.3 is 5.32 Å². The summed E-state index contributed by atoms with van der Waals surface area (Å²) < 4.78 is 26.0. The van der Waals surface area contributed by atoms with E-state index >= 15 is 0 Å². The van der Waals surface area contributed by atoms with Crippen LogP contribution >= 0.6 is 0 Å². The minimum Gasteiger partial charge on any atom is -0.315 e. The summed E-state index contributed by atoms with van der Waals surface area (Å²) in [4.78, 5) is 0. The number of rotatable bonds is 4. The Morgan fingerprint density at radius 2 is 2.11 bits per heavy atom. The van der Waals surface area contributed by atoms with Crippen molar-refractivity contribution in [2.75, 3.05) is 20.1 Å². The van der Waals surface area contributed by atoms with Crippen LogP contribution in [0.25, 0.3) is 0 Å². The average molecular weight is 279 g/mol. The van der Waals surface area contributed by atoms with E-state index in [1.165, 1.54) is 4.31 Å². The molecule has 1 aliphatic heterocycles. The van der Waals surface area contributed by atoms with Crippen LogP contribution in [0.2, 0.25) is 0 Å². The molecule has 0 aromatic heterocycles. The van der Waals surface area contributed by atoms with E-state index in [0.29, 0.717) is 17.7 Å². The van der Waals surface area contributed by atoms with E-state index < -0.39 is 10.0 Å². The molecule has 1 aliphatic rings. The molecule has 0 spiro atoms. The van der Waals surface area contributed by atoms with E-state index in [-0.39, 0.29) is 11.8 Å². The Morgan fingerprint density at radius 3 is 2.63 bits per heavy atom. The number of hydrogen-bond donors (Lipinski definition) is 1. The highest BCUT2D eigenvalue weighted by Gasteiger charge is 2.28. The summed E-state index contributed by atoms with van der Waals surface area (Å²) in [5.41, 5.74) is 1.24. The van der Waals surface area contributed by atoms with Gasteiger partial charge in [0.2, 0.25) is 10.0 Å². The van der Waals surface area contributed by atoms with Crippen molar-refractivity contribution in [2.45, 2.75) is 18.2 Å². The summed E-state index contributed by atoms with van der Waals surface area (Å²) in [7, 11) is -1.67. The maximum absolute atomic E-state index is 12.3. The molecule has 0 radical (unpaired) electrons. The van der Waals surface area contributed by atoms with Crippen LogP contribution in [-0.2, 0) is 15.8 Å². The van der Waals surface area contributed by atoms with Crippen molar-refractivity contribution in [3.8, 4) is 6.07 Å². The first-order valence-electron chi connectivity index (χ1n) is 6.18. The highest BCUT2D eigenvalue weighted by Crippen LogP contribution is 2.16. The van der Waals surface area contributed by atoms with Gasteiger partial charge in [-0.15, -0.1) is 0 Å². The molecule has 0 saturated carbocycles. The molecule has 1 aromatic rings. The van der Waals surface area contributed by atoms with Crippen molar-refractivity contribution < 1.29 is 8.42 Å². The van der Waals surface area contributed by atoms with Crippen LogP contribution in [0.5, 0.6) is 0 Å². The molecule has 2 rings (SSSR count). The van der Waals surface area contributed by atoms with Gasteiger partial charge in [-0.25, -0.2) is 12.7 Å². The van der Waals surface area contributed by atoms with Crippen molar-refractivity contribution in [1.82, 2.24) is 9.62 Å². The summed E-state index contributed by atoms with van der Waals surface area (Å²) in [6.07, 6.45) is 0.850. The number of benzene rings is 1. The van der Waals surface area contributed by atoms with Crippen LogP contribution in [0.3, 0.4) is 0 Å². The van der Waals surface area contributed by atoms with Crippen LogP contribution in [0.1, 0.15) is 17.5 Å². The Hall–Kier alpha value is -1.42. The second kappa shape index (κ2) is 5.70. The molecule has 1 unspecified atom stereocenters. The van der Waals surface area contributed by atoms with Crippen molar-refractivity contribution in [3.63, 3.8) is 0 Å². The molecule has 1 atom stereocenters. The minimum absolute atomic E-state index is 0.0221. The van der Waals surface area contributed by atoms with Crippen molar-refractivity contribution >= 4 is 10.0 Å². The first-order chi connectivity index (χ1) is 9.03. The number of sulfonamides is 1. The molecule has 1 aromatic carbocycles. The third-order valence-corrected chi connectivity index (χ3v) is 5.29. The topological polar surface area (TPSA) is 73.2 Å². The summed E-state index contributed by atoms with van der Waals surface area (Å²) >= 11 is 0. The molecule has 1 fully saturated rings. The van der Waals surface area contributed by atoms with Crippen LogP contribution in [0, 0.1) is 11.3 Å². The zero-order chi connectivity index (χ0) is 13.9. The average Bonchev–Trinajstić information content (AvgIpc) is 2.92. The maximum Gasteiger partial charge on any atom is 0.218 e. The normalized spacial score (nSPS) is 19.5. The van der Waals surface area contributed by atoms with Gasteiger partial charge in [-0.1, -0.05) is 12.1 Å². The monoisotopic (exact) mass is 279 g/mol. The van der Waals surface area contributed by atoms with Gasteiger partial charge in [0, 0.05) is 19.6 Å². The van der Waals surface area contributed by atoms with Crippen LogP contribution < -0.4 is 5.32 Å². The Labute approximate surface area is 113 Å².